The number of nitro benzene ring substituents is 1. The third-order valence-corrected chi connectivity index (χ3v) is 2.76. The number of hydrogen-bond donors (Lipinski definition) is 1. The van der Waals surface area contributed by atoms with Crippen molar-refractivity contribution in [2.75, 3.05) is 0 Å². The van der Waals surface area contributed by atoms with E-state index in [1.807, 2.05) is 6.92 Å². The van der Waals surface area contributed by atoms with Gasteiger partial charge >= 0.3 is 5.69 Å². The van der Waals surface area contributed by atoms with Crippen molar-refractivity contribution in [1.29, 1.82) is 0 Å². The Kier molecular flexibility index (Phi) is 3.95. The smallest absolute Gasteiger partial charge is 0.311 e. The van der Waals surface area contributed by atoms with Crippen molar-refractivity contribution < 1.29 is 9.66 Å². The molecule has 0 saturated heterocycles. The lowest BCUT2D eigenvalue weighted by Gasteiger charge is -2.08. The number of nitro groups is 1. The largest absolute Gasteiger partial charge is 0.449 e. The maximum Gasteiger partial charge on any atom is 0.311 e. The van der Waals surface area contributed by atoms with Crippen LogP contribution in [0.1, 0.15) is 24.2 Å². The molecule has 0 bridgehead atoms. The standard InChI is InChI=1S/C14H15N3O3/c1-9-3-6-14(13(7-9)17(18)19)20-11-4-5-12(10(2)15)16-8-11/h3-8,10H,15H2,1-2H3/t10-/m0/s1. The first-order valence-electron chi connectivity index (χ1n) is 6.12. The topological polar surface area (TPSA) is 91.3 Å². The Morgan fingerprint density at radius 1 is 1.35 bits per heavy atom. The van der Waals surface area contributed by atoms with Gasteiger partial charge < -0.3 is 10.5 Å². The SMILES string of the molecule is Cc1ccc(Oc2ccc([C@H](C)N)nc2)c([N+](=O)[O-])c1. The summed E-state index contributed by atoms with van der Waals surface area (Å²) in [4.78, 5) is 14.7. The maximum absolute atomic E-state index is 11.0. The van der Waals surface area contributed by atoms with Crippen LogP contribution in [0.4, 0.5) is 5.69 Å². The zero-order valence-corrected chi connectivity index (χ0v) is 11.2. The Morgan fingerprint density at radius 2 is 2.10 bits per heavy atom. The molecule has 0 radical (unpaired) electrons. The van der Waals surface area contributed by atoms with Gasteiger partial charge in [-0.2, -0.15) is 0 Å². The van der Waals surface area contributed by atoms with Gasteiger partial charge in [-0.05, 0) is 37.6 Å². The minimum atomic E-state index is -0.466. The number of nitrogens with zero attached hydrogens (tertiary/aromatic N) is 2. The fourth-order valence-corrected chi connectivity index (χ4v) is 1.70. The predicted molar refractivity (Wildman–Crippen MR) is 74.7 cm³/mol. The first kappa shape index (κ1) is 14.0. The minimum Gasteiger partial charge on any atom is -0.449 e. The second kappa shape index (κ2) is 5.66. The Bertz CT molecular complexity index is 624. The maximum atomic E-state index is 11.0. The van der Waals surface area contributed by atoms with Crippen LogP contribution in [0.2, 0.25) is 0 Å². The number of nitrogens with two attached hydrogens (primary N) is 1. The number of aryl methyl sites for hydroxylation is 1. The Morgan fingerprint density at radius 3 is 2.65 bits per heavy atom. The monoisotopic (exact) mass is 273 g/mol. The molecule has 0 fully saturated rings. The van der Waals surface area contributed by atoms with E-state index in [1.54, 1.807) is 31.2 Å². The van der Waals surface area contributed by atoms with Crippen molar-refractivity contribution in [3.8, 4) is 11.5 Å². The normalized spacial score (nSPS) is 11.9. The van der Waals surface area contributed by atoms with E-state index in [2.05, 4.69) is 4.98 Å². The lowest BCUT2D eigenvalue weighted by molar-refractivity contribution is -0.385. The molecule has 1 aromatic carbocycles. The molecular weight excluding hydrogens is 258 g/mol. The summed E-state index contributed by atoms with van der Waals surface area (Å²) in [6.07, 6.45) is 1.50. The molecule has 2 N–H and O–H groups in total. The van der Waals surface area contributed by atoms with Gasteiger partial charge in [-0.3, -0.25) is 15.1 Å². The van der Waals surface area contributed by atoms with Crippen molar-refractivity contribution in [3.63, 3.8) is 0 Å². The fourth-order valence-electron chi connectivity index (χ4n) is 1.70. The van der Waals surface area contributed by atoms with E-state index in [-0.39, 0.29) is 17.5 Å². The third kappa shape index (κ3) is 3.10. The highest BCUT2D eigenvalue weighted by atomic mass is 16.6. The number of benzene rings is 1. The first-order valence-corrected chi connectivity index (χ1v) is 6.12. The lowest BCUT2D eigenvalue weighted by atomic mass is 10.2. The molecule has 104 valence electrons. The van der Waals surface area contributed by atoms with Crippen LogP contribution >= 0.6 is 0 Å². The highest BCUT2D eigenvalue weighted by Crippen LogP contribution is 2.31. The molecule has 20 heavy (non-hydrogen) atoms. The molecule has 0 spiro atoms. The van der Waals surface area contributed by atoms with Crippen LogP contribution in [-0.2, 0) is 0 Å². The van der Waals surface area contributed by atoms with Crippen LogP contribution in [0.25, 0.3) is 0 Å². The highest BCUT2D eigenvalue weighted by molar-refractivity contribution is 5.50. The van der Waals surface area contributed by atoms with E-state index in [0.29, 0.717) is 5.75 Å². The van der Waals surface area contributed by atoms with Crippen LogP contribution in [0.3, 0.4) is 0 Å². The Labute approximate surface area is 116 Å². The zero-order chi connectivity index (χ0) is 14.7. The van der Waals surface area contributed by atoms with E-state index in [9.17, 15) is 10.1 Å². The van der Waals surface area contributed by atoms with Gasteiger partial charge in [-0.25, -0.2) is 0 Å². The molecule has 2 aromatic rings. The first-order chi connectivity index (χ1) is 9.47. The average molecular weight is 273 g/mol. The van der Waals surface area contributed by atoms with Crippen LogP contribution in [0, 0.1) is 17.0 Å². The van der Waals surface area contributed by atoms with Gasteiger partial charge in [0, 0.05) is 12.1 Å². The molecule has 6 heteroatoms. The molecular formula is C14H15N3O3. The number of hydrogen-bond acceptors (Lipinski definition) is 5. The third-order valence-electron chi connectivity index (χ3n) is 2.76. The predicted octanol–water partition coefficient (Wildman–Crippen LogP) is 3.11. The average Bonchev–Trinajstić information content (AvgIpc) is 2.41. The lowest BCUT2D eigenvalue weighted by Crippen LogP contribution is -2.06. The summed E-state index contributed by atoms with van der Waals surface area (Å²) in [5.41, 5.74) is 7.17. The molecule has 0 unspecified atom stereocenters. The summed E-state index contributed by atoms with van der Waals surface area (Å²) in [6.45, 7) is 3.61. The van der Waals surface area contributed by atoms with Crippen molar-refractivity contribution in [2.45, 2.75) is 19.9 Å². The zero-order valence-electron chi connectivity index (χ0n) is 11.2. The molecule has 0 aliphatic carbocycles. The number of rotatable bonds is 4. The van der Waals surface area contributed by atoms with E-state index in [0.717, 1.165) is 11.3 Å². The van der Waals surface area contributed by atoms with Crippen molar-refractivity contribution in [1.82, 2.24) is 4.98 Å². The molecule has 0 saturated carbocycles. The van der Waals surface area contributed by atoms with Gasteiger partial charge in [-0.1, -0.05) is 6.07 Å². The van der Waals surface area contributed by atoms with Crippen molar-refractivity contribution in [3.05, 3.63) is 57.9 Å². The van der Waals surface area contributed by atoms with E-state index < -0.39 is 4.92 Å². The van der Waals surface area contributed by atoms with Crippen LogP contribution in [0.15, 0.2) is 36.5 Å². The second-order valence-corrected chi connectivity index (χ2v) is 4.54. The van der Waals surface area contributed by atoms with Crippen molar-refractivity contribution >= 4 is 5.69 Å². The molecule has 1 aromatic heterocycles. The van der Waals surface area contributed by atoms with Crippen molar-refractivity contribution in [2.24, 2.45) is 5.73 Å². The molecule has 2 rings (SSSR count). The van der Waals surface area contributed by atoms with E-state index in [1.165, 1.54) is 12.3 Å². The summed E-state index contributed by atoms with van der Waals surface area (Å²) in [6, 6.07) is 8.06. The second-order valence-electron chi connectivity index (χ2n) is 4.54. The molecule has 0 aliphatic rings. The van der Waals surface area contributed by atoms with Crippen LogP contribution in [0.5, 0.6) is 11.5 Å². The molecule has 6 nitrogen and oxygen atoms in total. The summed E-state index contributed by atoms with van der Waals surface area (Å²) in [7, 11) is 0. The number of aromatic nitrogens is 1. The van der Waals surface area contributed by atoms with Crippen LogP contribution in [-0.4, -0.2) is 9.91 Å². The fraction of sp³-hybridized carbons (Fsp3) is 0.214. The summed E-state index contributed by atoms with van der Waals surface area (Å²) in [5.74, 6) is 0.623. The van der Waals surface area contributed by atoms with Gasteiger partial charge in [0.1, 0.15) is 5.75 Å². The molecule has 0 amide bonds. The Balaban J connectivity index is 2.28. The van der Waals surface area contributed by atoms with E-state index >= 15 is 0 Å². The minimum absolute atomic E-state index is 0.0683. The summed E-state index contributed by atoms with van der Waals surface area (Å²) in [5, 5.41) is 11.0. The van der Waals surface area contributed by atoms with Gasteiger partial charge in [-0.15, -0.1) is 0 Å². The molecule has 0 aliphatic heterocycles. The molecule has 1 atom stereocenters. The highest BCUT2D eigenvalue weighted by Gasteiger charge is 2.16. The van der Waals surface area contributed by atoms with Crippen LogP contribution < -0.4 is 10.5 Å². The molecule has 1 heterocycles. The summed E-state index contributed by atoms with van der Waals surface area (Å²) >= 11 is 0. The quantitative estimate of drug-likeness (QED) is 0.682. The van der Waals surface area contributed by atoms with Gasteiger partial charge in [0.25, 0.3) is 0 Å². The Hall–Kier alpha value is -2.47. The van der Waals surface area contributed by atoms with E-state index in [4.69, 9.17) is 10.5 Å². The van der Waals surface area contributed by atoms with Gasteiger partial charge in [0.05, 0.1) is 16.8 Å². The van der Waals surface area contributed by atoms with Gasteiger partial charge in [0.2, 0.25) is 5.75 Å². The number of ether oxygens (including phenoxy) is 1. The summed E-state index contributed by atoms with van der Waals surface area (Å²) < 4.78 is 5.52. The van der Waals surface area contributed by atoms with Gasteiger partial charge in [0.15, 0.2) is 0 Å². The number of pyridine rings is 1.